The number of benzene rings is 1. The highest BCUT2D eigenvalue weighted by Crippen LogP contribution is 2.34. The monoisotopic (exact) mass is 309 g/mol. The number of hydrogen-bond acceptors (Lipinski definition) is 2. The first-order valence-electron chi connectivity index (χ1n) is 8.14. The van der Waals surface area contributed by atoms with E-state index in [1.54, 1.807) is 0 Å². The molecule has 1 fully saturated rings. The van der Waals surface area contributed by atoms with E-state index in [2.05, 4.69) is 39.1 Å². The van der Waals surface area contributed by atoms with E-state index in [9.17, 15) is 0 Å². The summed E-state index contributed by atoms with van der Waals surface area (Å²) in [5.41, 5.74) is 1.20. The maximum Gasteiger partial charge on any atom is 0.138 e. The van der Waals surface area contributed by atoms with E-state index in [-0.39, 0.29) is 0 Å². The van der Waals surface area contributed by atoms with E-state index in [0.717, 1.165) is 42.0 Å². The summed E-state index contributed by atoms with van der Waals surface area (Å²) in [7, 11) is 0. The Morgan fingerprint density at radius 3 is 2.62 bits per heavy atom. The minimum Gasteiger partial charge on any atom is -0.489 e. The molecule has 1 saturated carbocycles. The smallest absolute Gasteiger partial charge is 0.138 e. The van der Waals surface area contributed by atoms with Gasteiger partial charge in [0.15, 0.2) is 0 Å². The molecule has 2 rings (SSSR count). The Bertz CT molecular complexity index is 461. The summed E-state index contributed by atoms with van der Waals surface area (Å²) >= 11 is 6.38. The fourth-order valence-corrected chi connectivity index (χ4v) is 3.10. The largest absolute Gasteiger partial charge is 0.489 e. The lowest BCUT2D eigenvalue weighted by atomic mass is 9.80. The molecule has 3 heteroatoms. The molecule has 1 aliphatic carbocycles. The number of rotatable bonds is 5. The van der Waals surface area contributed by atoms with Crippen LogP contribution in [0.15, 0.2) is 18.2 Å². The third-order valence-electron chi connectivity index (χ3n) is 4.55. The predicted octanol–water partition coefficient (Wildman–Crippen LogP) is 5.04. The molecular formula is C18H28ClNO. The van der Waals surface area contributed by atoms with Crippen LogP contribution in [0, 0.1) is 11.8 Å². The first-order valence-corrected chi connectivity index (χ1v) is 8.52. The second-order valence-electron chi connectivity index (χ2n) is 6.81. The molecule has 0 spiro atoms. The summed E-state index contributed by atoms with van der Waals surface area (Å²) in [6, 6.07) is 6.61. The maximum absolute atomic E-state index is 6.38. The van der Waals surface area contributed by atoms with Gasteiger partial charge in [-0.1, -0.05) is 45.4 Å². The fourth-order valence-electron chi connectivity index (χ4n) is 2.86. The SMILES string of the molecule is CC(C)NCc1ccc(OC2CCC(C)C(C)C2)c(Cl)c1. The van der Waals surface area contributed by atoms with Gasteiger partial charge < -0.3 is 10.1 Å². The zero-order valence-corrected chi connectivity index (χ0v) is 14.4. The van der Waals surface area contributed by atoms with Gasteiger partial charge in [0.1, 0.15) is 5.75 Å². The Morgan fingerprint density at radius 2 is 2.00 bits per heavy atom. The lowest BCUT2D eigenvalue weighted by Gasteiger charge is -2.32. The third-order valence-corrected chi connectivity index (χ3v) is 4.85. The van der Waals surface area contributed by atoms with Crippen molar-refractivity contribution in [2.45, 2.75) is 65.6 Å². The average molecular weight is 310 g/mol. The number of nitrogens with one attached hydrogen (secondary N) is 1. The molecule has 21 heavy (non-hydrogen) atoms. The van der Waals surface area contributed by atoms with Gasteiger partial charge in [0.25, 0.3) is 0 Å². The molecule has 0 bridgehead atoms. The van der Waals surface area contributed by atoms with Gasteiger partial charge in [0, 0.05) is 12.6 Å². The van der Waals surface area contributed by atoms with Crippen molar-refractivity contribution in [3.8, 4) is 5.75 Å². The van der Waals surface area contributed by atoms with Crippen LogP contribution in [0.3, 0.4) is 0 Å². The van der Waals surface area contributed by atoms with Crippen molar-refractivity contribution in [2.75, 3.05) is 0 Å². The molecule has 0 aromatic heterocycles. The summed E-state index contributed by atoms with van der Waals surface area (Å²) < 4.78 is 6.13. The number of ether oxygens (including phenoxy) is 1. The molecule has 0 amide bonds. The fraction of sp³-hybridized carbons (Fsp3) is 0.667. The minimum absolute atomic E-state index is 0.313. The van der Waals surface area contributed by atoms with E-state index in [0.29, 0.717) is 12.1 Å². The predicted molar refractivity (Wildman–Crippen MR) is 90.0 cm³/mol. The Hall–Kier alpha value is -0.730. The highest BCUT2D eigenvalue weighted by molar-refractivity contribution is 6.32. The lowest BCUT2D eigenvalue weighted by molar-refractivity contribution is 0.101. The summed E-state index contributed by atoms with van der Waals surface area (Å²) in [4.78, 5) is 0. The molecule has 1 aliphatic rings. The van der Waals surface area contributed by atoms with Crippen molar-refractivity contribution in [1.29, 1.82) is 0 Å². The van der Waals surface area contributed by atoms with Gasteiger partial charge in [-0.05, 0) is 48.8 Å². The van der Waals surface area contributed by atoms with Crippen LogP contribution in [0.1, 0.15) is 52.5 Å². The van der Waals surface area contributed by atoms with E-state index < -0.39 is 0 Å². The normalized spacial score (nSPS) is 26.1. The van der Waals surface area contributed by atoms with Gasteiger partial charge in [-0.2, -0.15) is 0 Å². The molecule has 0 heterocycles. The van der Waals surface area contributed by atoms with Gasteiger partial charge in [-0.15, -0.1) is 0 Å². The average Bonchev–Trinajstić information content (AvgIpc) is 2.43. The molecular weight excluding hydrogens is 282 g/mol. The molecule has 0 saturated heterocycles. The van der Waals surface area contributed by atoms with Crippen LogP contribution in [0.5, 0.6) is 5.75 Å². The van der Waals surface area contributed by atoms with Crippen molar-refractivity contribution in [3.63, 3.8) is 0 Å². The maximum atomic E-state index is 6.38. The van der Waals surface area contributed by atoms with Crippen molar-refractivity contribution in [1.82, 2.24) is 5.32 Å². The van der Waals surface area contributed by atoms with Crippen molar-refractivity contribution >= 4 is 11.6 Å². The summed E-state index contributed by atoms with van der Waals surface area (Å²) in [5, 5.41) is 4.13. The molecule has 3 atom stereocenters. The van der Waals surface area contributed by atoms with Crippen molar-refractivity contribution < 1.29 is 4.74 Å². The highest BCUT2D eigenvalue weighted by Gasteiger charge is 2.26. The van der Waals surface area contributed by atoms with Crippen molar-refractivity contribution in [2.24, 2.45) is 11.8 Å². The van der Waals surface area contributed by atoms with E-state index in [1.165, 1.54) is 12.0 Å². The third kappa shape index (κ3) is 4.89. The van der Waals surface area contributed by atoms with Crippen LogP contribution in [0.2, 0.25) is 5.02 Å². The highest BCUT2D eigenvalue weighted by atomic mass is 35.5. The molecule has 0 radical (unpaired) electrons. The van der Waals surface area contributed by atoms with Gasteiger partial charge >= 0.3 is 0 Å². The van der Waals surface area contributed by atoms with Gasteiger partial charge in [0.2, 0.25) is 0 Å². The molecule has 1 N–H and O–H groups in total. The van der Waals surface area contributed by atoms with Crippen LogP contribution < -0.4 is 10.1 Å². The van der Waals surface area contributed by atoms with Crippen molar-refractivity contribution in [3.05, 3.63) is 28.8 Å². The number of hydrogen-bond donors (Lipinski definition) is 1. The van der Waals surface area contributed by atoms with E-state index in [4.69, 9.17) is 16.3 Å². The second-order valence-corrected chi connectivity index (χ2v) is 7.22. The zero-order chi connectivity index (χ0) is 15.4. The van der Waals surface area contributed by atoms with Crippen LogP contribution in [0.25, 0.3) is 0 Å². The Morgan fingerprint density at radius 1 is 1.24 bits per heavy atom. The molecule has 1 aromatic rings. The lowest BCUT2D eigenvalue weighted by Crippen LogP contribution is -2.28. The van der Waals surface area contributed by atoms with E-state index in [1.807, 2.05) is 12.1 Å². The molecule has 1 aromatic carbocycles. The van der Waals surface area contributed by atoms with Gasteiger partial charge in [-0.25, -0.2) is 0 Å². The Kier molecular flexibility index (Phi) is 5.95. The molecule has 0 aliphatic heterocycles. The zero-order valence-electron chi connectivity index (χ0n) is 13.7. The molecule has 3 unspecified atom stereocenters. The summed E-state index contributed by atoms with van der Waals surface area (Å²) in [5.74, 6) is 2.37. The summed E-state index contributed by atoms with van der Waals surface area (Å²) in [6.07, 6.45) is 3.83. The van der Waals surface area contributed by atoms with Gasteiger partial charge in [-0.3, -0.25) is 0 Å². The molecule has 2 nitrogen and oxygen atoms in total. The van der Waals surface area contributed by atoms with Gasteiger partial charge in [0.05, 0.1) is 11.1 Å². The molecule has 118 valence electrons. The topological polar surface area (TPSA) is 21.3 Å². The van der Waals surface area contributed by atoms with Crippen LogP contribution in [-0.2, 0) is 6.54 Å². The minimum atomic E-state index is 0.313. The Labute approximate surface area is 134 Å². The first kappa shape index (κ1) is 16.6. The van der Waals surface area contributed by atoms with Crippen LogP contribution in [0.4, 0.5) is 0 Å². The number of halogens is 1. The first-order chi connectivity index (χ1) is 9.95. The second kappa shape index (κ2) is 7.51. The standard InChI is InChI=1S/C18H28ClNO/c1-12(2)20-11-15-6-8-18(17(19)10-15)21-16-7-5-13(3)14(4)9-16/h6,8,10,12-14,16,20H,5,7,9,11H2,1-4H3. The summed E-state index contributed by atoms with van der Waals surface area (Å²) in [6.45, 7) is 9.79. The van der Waals surface area contributed by atoms with Crippen LogP contribution in [-0.4, -0.2) is 12.1 Å². The Balaban J connectivity index is 1.94. The quantitative estimate of drug-likeness (QED) is 0.822. The van der Waals surface area contributed by atoms with Crippen LogP contribution >= 0.6 is 11.6 Å². The van der Waals surface area contributed by atoms with E-state index >= 15 is 0 Å².